The Morgan fingerprint density at radius 1 is 0.889 bits per heavy atom. The van der Waals surface area contributed by atoms with Crippen LogP contribution in [-0.2, 0) is 16.1 Å². The maximum Gasteiger partial charge on any atom is 0.172 e. The molecule has 0 spiro atoms. The van der Waals surface area contributed by atoms with Crippen LogP contribution < -0.4 is 24.3 Å². The van der Waals surface area contributed by atoms with Crippen LogP contribution >= 0.6 is 0 Å². The van der Waals surface area contributed by atoms with Crippen molar-refractivity contribution in [3.05, 3.63) is 89.5 Å². The number of nitrogens with one attached hydrogen (secondary N) is 1. The summed E-state index contributed by atoms with van der Waals surface area (Å²) >= 11 is 0. The van der Waals surface area contributed by atoms with E-state index in [1.807, 2.05) is 66.7 Å². The molecular weight excluding hydrogens is 458 g/mol. The molecule has 0 fully saturated rings. The van der Waals surface area contributed by atoms with E-state index >= 15 is 0 Å². The van der Waals surface area contributed by atoms with Gasteiger partial charge in [-0.25, -0.2) is 0 Å². The third-order valence-corrected chi connectivity index (χ3v) is 5.88. The van der Waals surface area contributed by atoms with E-state index in [1.54, 1.807) is 28.4 Å². The number of ether oxygens (including phenoxy) is 6. The lowest BCUT2D eigenvalue weighted by molar-refractivity contribution is 0.0370. The molecule has 1 aliphatic rings. The van der Waals surface area contributed by atoms with Gasteiger partial charge in [0.2, 0.25) is 0 Å². The Hall–Kier alpha value is -4.10. The Morgan fingerprint density at radius 3 is 2.33 bits per heavy atom. The zero-order valence-corrected chi connectivity index (χ0v) is 21.0. The topological polar surface area (TPSA) is 67.4 Å². The molecule has 7 heteroatoms. The van der Waals surface area contributed by atoms with Crippen molar-refractivity contribution >= 4 is 17.5 Å². The SMILES string of the molecule is C=C1OCC(OC)N/C(c2ccc(OCc3ccccc3)c(OC)c2)=C\c2ccc(OC)c(OC)c21. The van der Waals surface area contributed by atoms with Crippen LogP contribution in [0.25, 0.3) is 17.5 Å². The number of benzene rings is 3. The van der Waals surface area contributed by atoms with Crippen LogP contribution in [-0.4, -0.2) is 41.3 Å². The lowest BCUT2D eigenvalue weighted by Crippen LogP contribution is -2.33. The highest BCUT2D eigenvalue weighted by Gasteiger charge is 2.23. The quantitative estimate of drug-likeness (QED) is 0.457. The molecule has 7 nitrogen and oxygen atoms in total. The monoisotopic (exact) mass is 489 g/mol. The molecule has 1 heterocycles. The highest BCUT2D eigenvalue weighted by Crippen LogP contribution is 2.40. The van der Waals surface area contributed by atoms with Gasteiger partial charge in [0, 0.05) is 18.4 Å². The first-order valence-electron chi connectivity index (χ1n) is 11.5. The van der Waals surface area contributed by atoms with E-state index in [2.05, 4.69) is 11.9 Å². The van der Waals surface area contributed by atoms with Gasteiger partial charge < -0.3 is 33.7 Å². The number of methoxy groups -OCH3 is 4. The fraction of sp³-hybridized carbons (Fsp3) is 0.241. The molecule has 4 rings (SSSR count). The summed E-state index contributed by atoms with van der Waals surface area (Å²) < 4.78 is 34.4. The molecule has 0 amide bonds. The van der Waals surface area contributed by atoms with Crippen molar-refractivity contribution < 1.29 is 28.4 Å². The van der Waals surface area contributed by atoms with Crippen LogP contribution in [0.5, 0.6) is 23.0 Å². The molecule has 3 aromatic carbocycles. The Labute approximate surface area is 211 Å². The van der Waals surface area contributed by atoms with Crippen LogP contribution in [0.4, 0.5) is 0 Å². The lowest BCUT2D eigenvalue weighted by Gasteiger charge is -2.21. The number of fused-ring (bicyclic) bond motifs is 1. The van der Waals surface area contributed by atoms with E-state index < -0.39 is 6.23 Å². The fourth-order valence-electron chi connectivity index (χ4n) is 3.99. The first-order chi connectivity index (χ1) is 17.6. The Balaban J connectivity index is 1.75. The Morgan fingerprint density at radius 2 is 1.64 bits per heavy atom. The highest BCUT2D eigenvalue weighted by atomic mass is 16.5. The maximum atomic E-state index is 6.04. The minimum absolute atomic E-state index is 0.238. The smallest absolute Gasteiger partial charge is 0.172 e. The average Bonchev–Trinajstić information content (AvgIpc) is 2.99. The van der Waals surface area contributed by atoms with Gasteiger partial charge in [0.15, 0.2) is 29.2 Å². The van der Waals surface area contributed by atoms with Crippen LogP contribution in [0.15, 0.2) is 67.2 Å². The summed E-state index contributed by atoms with van der Waals surface area (Å²) in [6, 6.07) is 19.6. The van der Waals surface area contributed by atoms with E-state index in [0.717, 1.165) is 22.4 Å². The summed E-state index contributed by atoms with van der Waals surface area (Å²) in [7, 11) is 6.44. The molecular formula is C29H31NO6. The summed E-state index contributed by atoms with van der Waals surface area (Å²) in [5.41, 5.74) is 4.33. The molecule has 0 saturated carbocycles. The molecule has 0 aromatic heterocycles. The molecule has 0 aliphatic carbocycles. The van der Waals surface area contributed by atoms with Gasteiger partial charge in [0.1, 0.15) is 19.0 Å². The first-order valence-corrected chi connectivity index (χ1v) is 11.5. The molecule has 1 unspecified atom stereocenters. The molecule has 0 saturated heterocycles. The van der Waals surface area contributed by atoms with Crippen molar-refractivity contribution in [1.29, 1.82) is 0 Å². The zero-order chi connectivity index (χ0) is 25.5. The van der Waals surface area contributed by atoms with Crippen molar-refractivity contribution in [2.75, 3.05) is 35.0 Å². The molecule has 188 valence electrons. The molecule has 0 radical (unpaired) electrons. The Bertz CT molecular complexity index is 1240. The normalized spacial score (nSPS) is 16.6. The van der Waals surface area contributed by atoms with Gasteiger partial charge in [-0.15, -0.1) is 0 Å². The second-order valence-electron chi connectivity index (χ2n) is 8.07. The van der Waals surface area contributed by atoms with Crippen LogP contribution in [0.1, 0.15) is 22.3 Å². The van der Waals surface area contributed by atoms with Crippen LogP contribution in [0.2, 0.25) is 0 Å². The van der Waals surface area contributed by atoms with Gasteiger partial charge in [-0.2, -0.15) is 0 Å². The highest BCUT2D eigenvalue weighted by molar-refractivity contribution is 5.87. The van der Waals surface area contributed by atoms with Gasteiger partial charge in [0.25, 0.3) is 0 Å². The van der Waals surface area contributed by atoms with Gasteiger partial charge in [0.05, 0.1) is 26.9 Å². The minimum Gasteiger partial charge on any atom is -0.493 e. The predicted octanol–water partition coefficient (Wildman–Crippen LogP) is 5.35. The van der Waals surface area contributed by atoms with Gasteiger partial charge in [-0.3, -0.25) is 0 Å². The van der Waals surface area contributed by atoms with Crippen LogP contribution in [0.3, 0.4) is 0 Å². The van der Waals surface area contributed by atoms with E-state index in [9.17, 15) is 0 Å². The van der Waals surface area contributed by atoms with Crippen molar-refractivity contribution in [3.63, 3.8) is 0 Å². The number of rotatable bonds is 8. The molecule has 1 N–H and O–H groups in total. The van der Waals surface area contributed by atoms with E-state index in [4.69, 9.17) is 28.4 Å². The van der Waals surface area contributed by atoms with E-state index in [-0.39, 0.29) is 6.61 Å². The summed E-state index contributed by atoms with van der Waals surface area (Å²) in [6.45, 7) is 4.81. The van der Waals surface area contributed by atoms with Crippen molar-refractivity contribution in [2.24, 2.45) is 0 Å². The summed E-state index contributed by atoms with van der Waals surface area (Å²) in [5, 5.41) is 3.42. The van der Waals surface area contributed by atoms with Crippen LogP contribution in [0, 0.1) is 0 Å². The summed E-state index contributed by atoms with van der Waals surface area (Å²) in [5.74, 6) is 2.87. The van der Waals surface area contributed by atoms with Crippen molar-refractivity contribution in [2.45, 2.75) is 12.8 Å². The van der Waals surface area contributed by atoms with Crippen molar-refractivity contribution in [1.82, 2.24) is 5.32 Å². The fourth-order valence-corrected chi connectivity index (χ4v) is 3.99. The van der Waals surface area contributed by atoms with E-state index in [0.29, 0.717) is 40.9 Å². The first kappa shape index (κ1) is 25.0. The molecule has 36 heavy (non-hydrogen) atoms. The molecule has 1 atom stereocenters. The predicted molar refractivity (Wildman–Crippen MR) is 140 cm³/mol. The lowest BCUT2D eigenvalue weighted by atomic mass is 10.0. The molecule has 3 aromatic rings. The summed E-state index contributed by atoms with van der Waals surface area (Å²) in [4.78, 5) is 0. The zero-order valence-electron chi connectivity index (χ0n) is 21.0. The number of hydrogen-bond acceptors (Lipinski definition) is 7. The maximum absolute atomic E-state index is 6.04. The number of hydrogen-bond donors (Lipinski definition) is 1. The van der Waals surface area contributed by atoms with Gasteiger partial charge in [-0.05, 0) is 41.5 Å². The molecule has 0 bridgehead atoms. The second-order valence-corrected chi connectivity index (χ2v) is 8.07. The van der Waals surface area contributed by atoms with Crippen molar-refractivity contribution in [3.8, 4) is 23.0 Å². The standard InChI is InChI=1S/C29H31NO6/c1-19-28-22(12-14-25(31-2)29(28)34-5)15-23(30-27(33-4)18-35-19)21-11-13-24(26(16-21)32-3)36-17-20-9-7-6-8-10-20/h6-16,27,30H,1,17-18H2,2-5H3/b23-15-. The third kappa shape index (κ3) is 5.42. The minimum atomic E-state index is -0.421. The largest absolute Gasteiger partial charge is 0.493 e. The average molecular weight is 490 g/mol. The molecule has 1 aliphatic heterocycles. The van der Waals surface area contributed by atoms with E-state index in [1.165, 1.54) is 0 Å². The second kappa shape index (κ2) is 11.6. The third-order valence-electron chi connectivity index (χ3n) is 5.88. The Kier molecular flexibility index (Phi) is 8.02. The van der Waals surface area contributed by atoms with Gasteiger partial charge >= 0.3 is 0 Å². The van der Waals surface area contributed by atoms with Gasteiger partial charge in [-0.1, -0.05) is 43.0 Å². The summed E-state index contributed by atoms with van der Waals surface area (Å²) in [6.07, 6.45) is 1.58.